The fourth-order valence-electron chi connectivity index (χ4n) is 0.596. The Labute approximate surface area is 72.8 Å². The zero-order valence-corrected chi connectivity index (χ0v) is 7.88. The van der Waals surface area contributed by atoms with E-state index in [0.717, 1.165) is 5.69 Å². The molecule has 4 nitrogen and oxygen atoms in total. The van der Waals surface area contributed by atoms with E-state index in [-0.39, 0.29) is 19.1 Å². The third-order valence-corrected chi connectivity index (χ3v) is 1.54. The predicted molar refractivity (Wildman–Crippen MR) is 46.8 cm³/mol. The minimum absolute atomic E-state index is 0. The summed E-state index contributed by atoms with van der Waals surface area (Å²) >= 11 is 0. The van der Waals surface area contributed by atoms with Crippen LogP contribution in [-0.2, 0) is 10.3 Å². The maximum Gasteiger partial charge on any atom is 0.114 e. The molecule has 0 fully saturated rings. The quantitative estimate of drug-likeness (QED) is 0.723. The standard InChI is InChI=1S/C6H11N3O.H2S/c1-6(2,10-3)5-4-7-9-8-5;/h4H,1-3H3,(H,7,8,9);1H2. The van der Waals surface area contributed by atoms with E-state index in [1.165, 1.54) is 0 Å². The van der Waals surface area contributed by atoms with Gasteiger partial charge in [-0.1, -0.05) is 0 Å². The number of aromatic nitrogens is 3. The van der Waals surface area contributed by atoms with Crippen LogP contribution in [0.15, 0.2) is 6.20 Å². The summed E-state index contributed by atoms with van der Waals surface area (Å²) in [5.41, 5.74) is 0.475. The molecule has 0 amide bonds. The average molecular weight is 175 g/mol. The number of nitrogens with one attached hydrogen (secondary N) is 1. The predicted octanol–water partition coefficient (Wildman–Crippen LogP) is 0.799. The molecule has 0 aliphatic rings. The van der Waals surface area contributed by atoms with Gasteiger partial charge in [0, 0.05) is 7.11 Å². The molecule has 0 atom stereocenters. The molecular weight excluding hydrogens is 162 g/mol. The Balaban J connectivity index is 0.000001000. The van der Waals surface area contributed by atoms with Crippen molar-refractivity contribution in [3.8, 4) is 0 Å². The van der Waals surface area contributed by atoms with E-state index in [1.807, 2.05) is 13.8 Å². The summed E-state index contributed by atoms with van der Waals surface area (Å²) in [6.07, 6.45) is 1.66. The summed E-state index contributed by atoms with van der Waals surface area (Å²) in [7, 11) is 1.65. The third-order valence-electron chi connectivity index (χ3n) is 1.54. The molecule has 0 unspecified atom stereocenters. The van der Waals surface area contributed by atoms with Crippen molar-refractivity contribution in [1.29, 1.82) is 0 Å². The number of H-pyrrole nitrogens is 1. The zero-order chi connectivity index (χ0) is 7.61. The first-order chi connectivity index (χ1) is 4.67. The minimum Gasteiger partial charge on any atom is -0.372 e. The molecule has 1 rings (SSSR count). The summed E-state index contributed by atoms with van der Waals surface area (Å²) < 4.78 is 5.16. The molecule has 0 saturated heterocycles. The number of hydrogen-bond acceptors (Lipinski definition) is 3. The third kappa shape index (κ3) is 2.20. The Kier molecular flexibility index (Phi) is 3.54. The second kappa shape index (κ2) is 3.73. The van der Waals surface area contributed by atoms with Crippen LogP contribution in [0.25, 0.3) is 0 Å². The highest BCUT2D eigenvalue weighted by molar-refractivity contribution is 7.59. The highest BCUT2D eigenvalue weighted by Gasteiger charge is 2.21. The van der Waals surface area contributed by atoms with Crippen LogP contribution >= 0.6 is 13.5 Å². The van der Waals surface area contributed by atoms with Crippen LogP contribution in [0.1, 0.15) is 19.5 Å². The second-order valence-corrected chi connectivity index (χ2v) is 2.57. The monoisotopic (exact) mass is 175 g/mol. The molecule has 1 aromatic rings. The molecule has 0 aliphatic heterocycles. The van der Waals surface area contributed by atoms with Gasteiger partial charge in [0.25, 0.3) is 0 Å². The number of aromatic amines is 1. The average Bonchev–Trinajstić information content (AvgIpc) is 2.38. The van der Waals surface area contributed by atoms with Crippen molar-refractivity contribution < 1.29 is 4.74 Å². The van der Waals surface area contributed by atoms with Crippen LogP contribution in [0.2, 0.25) is 0 Å². The van der Waals surface area contributed by atoms with Gasteiger partial charge in [0.05, 0.1) is 6.20 Å². The van der Waals surface area contributed by atoms with E-state index in [2.05, 4.69) is 15.4 Å². The van der Waals surface area contributed by atoms with E-state index < -0.39 is 0 Å². The van der Waals surface area contributed by atoms with Crippen molar-refractivity contribution in [2.75, 3.05) is 7.11 Å². The first kappa shape index (κ1) is 10.4. The largest absolute Gasteiger partial charge is 0.372 e. The normalized spacial score (nSPS) is 10.8. The minimum atomic E-state index is -0.340. The van der Waals surface area contributed by atoms with Gasteiger partial charge in [-0.3, -0.25) is 0 Å². The van der Waals surface area contributed by atoms with Gasteiger partial charge in [0.2, 0.25) is 0 Å². The Morgan fingerprint density at radius 1 is 1.55 bits per heavy atom. The number of ether oxygens (including phenoxy) is 1. The van der Waals surface area contributed by atoms with E-state index in [0.29, 0.717) is 0 Å². The molecule has 0 aliphatic carbocycles. The van der Waals surface area contributed by atoms with Crippen LogP contribution in [0, 0.1) is 0 Å². The van der Waals surface area contributed by atoms with Crippen LogP contribution < -0.4 is 0 Å². The van der Waals surface area contributed by atoms with Gasteiger partial charge in [0.1, 0.15) is 11.3 Å². The van der Waals surface area contributed by atoms with Gasteiger partial charge in [-0.2, -0.15) is 28.9 Å². The van der Waals surface area contributed by atoms with Gasteiger partial charge < -0.3 is 4.74 Å². The lowest BCUT2D eigenvalue weighted by molar-refractivity contribution is 0.0154. The Hall–Kier alpha value is -0.550. The van der Waals surface area contributed by atoms with Crippen molar-refractivity contribution >= 4 is 13.5 Å². The Morgan fingerprint density at radius 2 is 2.18 bits per heavy atom. The van der Waals surface area contributed by atoms with Gasteiger partial charge in [-0.25, -0.2) is 0 Å². The molecule has 64 valence electrons. The number of rotatable bonds is 2. The number of nitrogens with zero attached hydrogens (tertiary/aromatic N) is 2. The van der Waals surface area contributed by atoms with E-state index in [4.69, 9.17) is 4.74 Å². The van der Waals surface area contributed by atoms with Gasteiger partial charge in [-0.15, -0.1) is 0 Å². The lowest BCUT2D eigenvalue weighted by Gasteiger charge is -2.18. The molecule has 1 N–H and O–H groups in total. The fraction of sp³-hybridized carbons (Fsp3) is 0.667. The molecule has 11 heavy (non-hydrogen) atoms. The molecule has 0 aromatic carbocycles. The highest BCUT2D eigenvalue weighted by atomic mass is 32.1. The highest BCUT2D eigenvalue weighted by Crippen LogP contribution is 2.19. The first-order valence-corrected chi connectivity index (χ1v) is 3.08. The molecular formula is C6H13N3OS. The fourth-order valence-corrected chi connectivity index (χ4v) is 0.596. The Bertz CT molecular complexity index is 198. The molecule has 5 heteroatoms. The smallest absolute Gasteiger partial charge is 0.114 e. The SMILES string of the molecule is COC(C)(C)c1cn[nH]n1.S. The lowest BCUT2D eigenvalue weighted by atomic mass is 10.1. The summed E-state index contributed by atoms with van der Waals surface area (Å²) in [6, 6.07) is 0. The van der Waals surface area contributed by atoms with Gasteiger partial charge in [0.15, 0.2) is 0 Å². The summed E-state index contributed by atoms with van der Waals surface area (Å²) in [6.45, 7) is 3.87. The van der Waals surface area contributed by atoms with Crippen molar-refractivity contribution in [1.82, 2.24) is 15.4 Å². The number of hydrogen-bond donors (Lipinski definition) is 1. The Morgan fingerprint density at radius 3 is 2.55 bits per heavy atom. The van der Waals surface area contributed by atoms with Crippen molar-refractivity contribution in [2.45, 2.75) is 19.4 Å². The van der Waals surface area contributed by atoms with Crippen LogP contribution in [-0.4, -0.2) is 22.5 Å². The summed E-state index contributed by atoms with van der Waals surface area (Å²) in [5, 5.41) is 10.1. The maximum atomic E-state index is 5.16. The maximum absolute atomic E-state index is 5.16. The molecule has 0 spiro atoms. The van der Waals surface area contributed by atoms with E-state index >= 15 is 0 Å². The lowest BCUT2D eigenvalue weighted by Crippen LogP contribution is -2.19. The van der Waals surface area contributed by atoms with E-state index in [9.17, 15) is 0 Å². The van der Waals surface area contributed by atoms with Crippen molar-refractivity contribution in [2.24, 2.45) is 0 Å². The summed E-state index contributed by atoms with van der Waals surface area (Å²) in [4.78, 5) is 0. The molecule has 1 aromatic heterocycles. The van der Waals surface area contributed by atoms with Crippen LogP contribution in [0.5, 0.6) is 0 Å². The van der Waals surface area contributed by atoms with Crippen molar-refractivity contribution in [3.05, 3.63) is 11.9 Å². The molecule has 0 saturated carbocycles. The second-order valence-electron chi connectivity index (χ2n) is 2.57. The van der Waals surface area contributed by atoms with E-state index in [1.54, 1.807) is 13.3 Å². The van der Waals surface area contributed by atoms with Gasteiger partial charge in [-0.05, 0) is 13.8 Å². The molecule has 0 bridgehead atoms. The van der Waals surface area contributed by atoms with Crippen LogP contribution in [0.3, 0.4) is 0 Å². The first-order valence-electron chi connectivity index (χ1n) is 3.08. The summed E-state index contributed by atoms with van der Waals surface area (Å²) in [5.74, 6) is 0. The molecule has 0 radical (unpaired) electrons. The van der Waals surface area contributed by atoms with Crippen LogP contribution in [0.4, 0.5) is 0 Å². The number of methoxy groups -OCH3 is 1. The molecule has 1 heterocycles. The topological polar surface area (TPSA) is 50.8 Å². The van der Waals surface area contributed by atoms with Crippen molar-refractivity contribution in [3.63, 3.8) is 0 Å². The van der Waals surface area contributed by atoms with Gasteiger partial charge >= 0.3 is 0 Å². The zero-order valence-electron chi connectivity index (χ0n) is 6.88.